The smallest absolute Gasteiger partial charge is 0.230 e. The van der Waals surface area contributed by atoms with Crippen molar-refractivity contribution >= 4 is 17.7 Å². The van der Waals surface area contributed by atoms with Crippen LogP contribution in [0.5, 0.6) is 0 Å². The van der Waals surface area contributed by atoms with Crippen LogP contribution in [-0.2, 0) is 9.53 Å². The van der Waals surface area contributed by atoms with Gasteiger partial charge in [0.1, 0.15) is 0 Å². The molecule has 3 aromatic rings. The van der Waals surface area contributed by atoms with Crippen LogP contribution in [0.4, 0.5) is 0 Å². The zero-order valence-electron chi connectivity index (χ0n) is 16.2. The summed E-state index contributed by atoms with van der Waals surface area (Å²) in [6, 6.07) is 11.9. The van der Waals surface area contributed by atoms with Crippen LogP contribution < -0.4 is 5.32 Å². The molecule has 0 radical (unpaired) electrons. The maximum Gasteiger partial charge on any atom is 0.230 e. The van der Waals surface area contributed by atoms with Crippen LogP contribution in [0.15, 0.2) is 53.9 Å². The summed E-state index contributed by atoms with van der Waals surface area (Å²) in [7, 11) is 0. The number of amides is 1. The summed E-state index contributed by atoms with van der Waals surface area (Å²) in [6.45, 7) is 3.39. The number of thioether (sulfide) groups is 1. The summed E-state index contributed by atoms with van der Waals surface area (Å²) in [5, 5.41) is 12.4. The first kappa shape index (κ1) is 19.6. The van der Waals surface area contributed by atoms with Crippen LogP contribution in [0, 0.1) is 6.92 Å². The Bertz CT molecular complexity index is 970. The van der Waals surface area contributed by atoms with Crippen molar-refractivity contribution in [3.05, 3.63) is 54.4 Å². The Morgan fingerprint density at radius 3 is 2.93 bits per heavy atom. The Balaban J connectivity index is 1.54. The second kappa shape index (κ2) is 9.19. The number of rotatable bonds is 7. The number of carbonyl (C=O) groups is 1. The van der Waals surface area contributed by atoms with E-state index in [9.17, 15) is 4.79 Å². The number of aromatic nitrogens is 4. The summed E-state index contributed by atoms with van der Waals surface area (Å²) in [5.74, 6) is 0.937. The highest BCUT2D eigenvalue weighted by molar-refractivity contribution is 7.99. The Labute approximate surface area is 173 Å². The van der Waals surface area contributed by atoms with Gasteiger partial charge in [-0.15, -0.1) is 10.2 Å². The molecule has 1 fully saturated rings. The van der Waals surface area contributed by atoms with Gasteiger partial charge in [-0.05, 0) is 43.5 Å². The molecule has 0 spiro atoms. The molecule has 4 rings (SSSR count). The van der Waals surface area contributed by atoms with E-state index in [2.05, 4.69) is 20.5 Å². The predicted octanol–water partition coefficient (Wildman–Crippen LogP) is 3.03. The van der Waals surface area contributed by atoms with Crippen LogP contribution >= 0.6 is 11.8 Å². The van der Waals surface area contributed by atoms with Crippen molar-refractivity contribution in [1.29, 1.82) is 0 Å². The third-order valence-electron chi connectivity index (χ3n) is 4.79. The molecule has 1 saturated heterocycles. The molecule has 0 saturated carbocycles. The highest BCUT2D eigenvalue weighted by Crippen LogP contribution is 2.29. The molecule has 1 N–H and O–H groups in total. The quantitative estimate of drug-likeness (QED) is 0.604. The van der Waals surface area contributed by atoms with E-state index in [0.29, 0.717) is 17.5 Å². The number of pyridine rings is 1. The van der Waals surface area contributed by atoms with E-state index in [-0.39, 0.29) is 17.8 Å². The molecule has 1 atom stereocenters. The molecule has 1 aliphatic heterocycles. The molecule has 1 amide bonds. The fourth-order valence-corrected chi connectivity index (χ4v) is 4.07. The van der Waals surface area contributed by atoms with Gasteiger partial charge in [0.25, 0.3) is 0 Å². The number of nitrogens with one attached hydrogen (secondary N) is 1. The van der Waals surface area contributed by atoms with Gasteiger partial charge in [0.2, 0.25) is 5.91 Å². The fraction of sp³-hybridized carbons (Fsp3) is 0.333. The van der Waals surface area contributed by atoms with Gasteiger partial charge in [-0.25, -0.2) is 0 Å². The zero-order chi connectivity index (χ0) is 20.1. The number of hydrogen-bond acceptors (Lipinski definition) is 6. The molecule has 1 aromatic carbocycles. The topological polar surface area (TPSA) is 81.9 Å². The van der Waals surface area contributed by atoms with Gasteiger partial charge in [0.15, 0.2) is 11.0 Å². The van der Waals surface area contributed by atoms with Crippen molar-refractivity contribution in [1.82, 2.24) is 25.1 Å². The number of hydrogen-bond donors (Lipinski definition) is 1. The number of ether oxygens (including phenoxy) is 1. The van der Waals surface area contributed by atoms with E-state index >= 15 is 0 Å². The molecule has 1 aliphatic rings. The first-order valence-corrected chi connectivity index (χ1v) is 10.6. The summed E-state index contributed by atoms with van der Waals surface area (Å²) >= 11 is 1.37. The van der Waals surface area contributed by atoms with Gasteiger partial charge < -0.3 is 10.1 Å². The minimum atomic E-state index is -0.0345. The van der Waals surface area contributed by atoms with E-state index in [4.69, 9.17) is 4.74 Å². The highest BCUT2D eigenvalue weighted by Gasteiger charge is 2.20. The van der Waals surface area contributed by atoms with Gasteiger partial charge in [0, 0.05) is 31.1 Å². The normalized spacial score (nSPS) is 16.1. The minimum absolute atomic E-state index is 0.0345. The molecule has 0 bridgehead atoms. The van der Waals surface area contributed by atoms with E-state index in [0.717, 1.165) is 36.3 Å². The van der Waals surface area contributed by atoms with E-state index in [1.54, 1.807) is 12.4 Å². The average molecular weight is 410 g/mol. The number of para-hydroxylation sites is 1. The van der Waals surface area contributed by atoms with Crippen molar-refractivity contribution in [3.63, 3.8) is 0 Å². The number of carbonyl (C=O) groups excluding carboxylic acids is 1. The van der Waals surface area contributed by atoms with Crippen LogP contribution in [0.3, 0.4) is 0 Å². The third kappa shape index (κ3) is 4.65. The molecule has 3 heterocycles. The molecule has 7 nitrogen and oxygen atoms in total. The van der Waals surface area contributed by atoms with Crippen LogP contribution in [-0.4, -0.2) is 50.7 Å². The van der Waals surface area contributed by atoms with Gasteiger partial charge in [-0.2, -0.15) is 0 Å². The maximum absolute atomic E-state index is 12.3. The summed E-state index contributed by atoms with van der Waals surface area (Å²) in [6.07, 6.45) is 5.69. The number of nitrogens with zero attached hydrogens (tertiary/aromatic N) is 4. The Hall–Kier alpha value is -2.71. The lowest BCUT2D eigenvalue weighted by Gasteiger charge is -2.13. The second-order valence-electron chi connectivity index (χ2n) is 6.90. The molecular weight excluding hydrogens is 386 g/mol. The first-order valence-electron chi connectivity index (χ1n) is 9.65. The second-order valence-corrected chi connectivity index (χ2v) is 7.84. The van der Waals surface area contributed by atoms with Crippen LogP contribution in [0.2, 0.25) is 0 Å². The molecule has 2 aromatic heterocycles. The lowest BCUT2D eigenvalue weighted by Crippen LogP contribution is -2.32. The van der Waals surface area contributed by atoms with Crippen molar-refractivity contribution < 1.29 is 9.53 Å². The molecule has 0 aliphatic carbocycles. The van der Waals surface area contributed by atoms with E-state index in [1.165, 1.54) is 11.8 Å². The van der Waals surface area contributed by atoms with Crippen molar-refractivity contribution in [2.75, 3.05) is 18.9 Å². The Kier molecular flexibility index (Phi) is 6.21. The Morgan fingerprint density at radius 1 is 1.28 bits per heavy atom. The molecular formula is C21H23N5O2S. The monoisotopic (exact) mass is 409 g/mol. The molecule has 1 unspecified atom stereocenters. The largest absolute Gasteiger partial charge is 0.376 e. The van der Waals surface area contributed by atoms with Gasteiger partial charge in [0.05, 0.1) is 17.5 Å². The standard InChI is InChI=1S/C21H23N5O2S/c1-15-6-2-3-9-18(15)26-20(16-7-4-10-22-12-16)24-25-21(26)29-14-19(27)23-13-17-8-5-11-28-17/h2-4,6-7,9-10,12,17H,5,8,11,13-14H2,1H3,(H,23,27). The summed E-state index contributed by atoms with van der Waals surface area (Å²) < 4.78 is 7.55. The maximum atomic E-state index is 12.3. The number of benzene rings is 1. The number of aryl methyl sites for hydroxylation is 1. The predicted molar refractivity (Wildman–Crippen MR) is 112 cm³/mol. The third-order valence-corrected chi connectivity index (χ3v) is 5.72. The van der Waals surface area contributed by atoms with Gasteiger partial charge in [-0.1, -0.05) is 30.0 Å². The minimum Gasteiger partial charge on any atom is -0.376 e. The molecule has 8 heteroatoms. The van der Waals surface area contributed by atoms with Crippen LogP contribution in [0.25, 0.3) is 17.1 Å². The van der Waals surface area contributed by atoms with E-state index in [1.807, 2.05) is 47.9 Å². The van der Waals surface area contributed by atoms with Gasteiger partial charge in [-0.3, -0.25) is 14.3 Å². The lowest BCUT2D eigenvalue weighted by atomic mass is 10.2. The van der Waals surface area contributed by atoms with Crippen molar-refractivity contribution in [2.24, 2.45) is 0 Å². The lowest BCUT2D eigenvalue weighted by molar-refractivity contribution is -0.119. The van der Waals surface area contributed by atoms with Crippen molar-refractivity contribution in [2.45, 2.75) is 31.0 Å². The van der Waals surface area contributed by atoms with Gasteiger partial charge >= 0.3 is 0 Å². The molecule has 29 heavy (non-hydrogen) atoms. The molecule has 150 valence electrons. The van der Waals surface area contributed by atoms with Crippen LogP contribution in [0.1, 0.15) is 18.4 Å². The highest BCUT2D eigenvalue weighted by atomic mass is 32.2. The average Bonchev–Trinajstić information content (AvgIpc) is 3.42. The fourth-order valence-electron chi connectivity index (χ4n) is 3.29. The zero-order valence-corrected chi connectivity index (χ0v) is 17.1. The first-order chi connectivity index (χ1) is 14.2. The van der Waals surface area contributed by atoms with Crippen molar-refractivity contribution in [3.8, 4) is 17.1 Å². The SMILES string of the molecule is Cc1ccccc1-n1c(SCC(=O)NCC2CCCO2)nnc1-c1cccnc1. The summed E-state index contributed by atoms with van der Waals surface area (Å²) in [4.78, 5) is 16.5. The van der Waals surface area contributed by atoms with E-state index < -0.39 is 0 Å². The Morgan fingerprint density at radius 2 is 2.17 bits per heavy atom. The summed E-state index contributed by atoms with van der Waals surface area (Å²) in [5.41, 5.74) is 2.96.